The van der Waals surface area contributed by atoms with Gasteiger partial charge >= 0.3 is 0 Å². The summed E-state index contributed by atoms with van der Waals surface area (Å²) in [7, 11) is 4.05. The third-order valence-corrected chi connectivity index (χ3v) is 3.64. The topological polar surface area (TPSA) is 40.8 Å². The van der Waals surface area contributed by atoms with E-state index in [9.17, 15) is 5.11 Å². The molecule has 23 heavy (non-hydrogen) atoms. The Kier molecular flexibility index (Phi) is 4.15. The van der Waals surface area contributed by atoms with Crippen molar-refractivity contribution in [2.24, 2.45) is 4.99 Å². The zero-order valence-electron chi connectivity index (χ0n) is 13.2. The minimum absolute atomic E-state index is 0.178. The van der Waals surface area contributed by atoms with Crippen LogP contribution in [-0.4, -0.2) is 30.0 Å². The third-order valence-electron chi connectivity index (χ3n) is 3.64. The lowest BCUT2D eigenvalue weighted by molar-refractivity contribution is 0.477. The first-order valence-electron chi connectivity index (χ1n) is 7.42. The summed E-state index contributed by atoms with van der Waals surface area (Å²) in [4.78, 5) is 6.45. The molecular formula is C19H19N3O. The highest BCUT2D eigenvalue weighted by molar-refractivity contribution is 5.82. The normalized spacial score (nSPS) is 11.0. The van der Waals surface area contributed by atoms with Gasteiger partial charge in [-0.3, -0.25) is 4.99 Å². The maximum Gasteiger partial charge on any atom is 0.141 e. The van der Waals surface area contributed by atoms with Crippen LogP contribution in [0.15, 0.2) is 71.9 Å². The average molecular weight is 305 g/mol. The Labute approximate surface area is 136 Å². The molecule has 0 amide bonds. The van der Waals surface area contributed by atoms with Crippen LogP contribution in [-0.2, 0) is 0 Å². The van der Waals surface area contributed by atoms with E-state index in [1.165, 1.54) is 0 Å². The molecule has 0 aliphatic rings. The highest BCUT2D eigenvalue weighted by Gasteiger charge is 2.03. The average Bonchev–Trinajstić information content (AvgIpc) is 3.02. The summed E-state index contributed by atoms with van der Waals surface area (Å²) in [5.41, 5.74) is 3.73. The number of hydrogen-bond acceptors (Lipinski definition) is 3. The number of aliphatic imine (C=N–C) groups is 1. The molecule has 0 unspecified atom stereocenters. The highest BCUT2D eigenvalue weighted by Crippen LogP contribution is 2.25. The van der Waals surface area contributed by atoms with Crippen LogP contribution >= 0.6 is 0 Å². The smallest absolute Gasteiger partial charge is 0.141 e. The second-order valence-corrected chi connectivity index (χ2v) is 5.46. The minimum atomic E-state index is 0.178. The van der Waals surface area contributed by atoms with Gasteiger partial charge in [0.2, 0.25) is 0 Å². The number of phenolic OH excluding ortho intramolecular Hbond substituents is 1. The lowest BCUT2D eigenvalue weighted by Crippen LogP contribution is -2.08. The van der Waals surface area contributed by atoms with Crippen LogP contribution in [0.25, 0.3) is 5.69 Å². The Morgan fingerprint density at radius 2 is 1.70 bits per heavy atom. The fourth-order valence-corrected chi connectivity index (χ4v) is 2.35. The largest absolute Gasteiger partial charge is 0.506 e. The zero-order valence-corrected chi connectivity index (χ0v) is 13.2. The van der Waals surface area contributed by atoms with E-state index in [2.05, 4.69) is 38.7 Å². The Morgan fingerprint density at radius 1 is 0.957 bits per heavy atom. The molecule has 0 aliphatic heterocycles. The molecule has 2 aromatic carbocycles. The second-order valence-electron chi connectivity index (χ2n) is 5.46. The maximum absolute atomic E-state index is 9.78. The van der Waals surface area contributed by atoms with Gasteiger partial charge in [0, 0.05) is 31.7 Å². The maximum atomic E-state index is 9.78. The monoisotopic (exact) mass is 305 g/mol. The van der Waals surface area contributed by atoms with Crippen LogP contribution in [0.3, 0.4) is 0 Å². The van der Waals surface area contributed by atoms with Gasteiger partial charge in [-0.15, -0.1) is 0 Å². The molecule has 3 aromatic rings. The van der Waals surface area contributed by atoms with Crippen molar-refractivity contribution in [1.29, 1.82) is 0 Å². The van der Waals surface area contributed by atoms with Crippen LogP contribution in [0, 0.1) is 0 Å². The zero-order chi connectivity index (χ0) is 16.2. The van der Waals surface area contributed by atoms with Crippen molar-refractivity contribution in [3.05, 3.63) is 72.6 Å². The number of aromatic hydroxyl groups is 1. The summed E-state index contributed by atoms with van der Waals surface area (Å²) >= 11 is 0. The van der Waals surface area contributed by atoms with Crippen LogP contribution in [0.4, 0.5) is 11.4 Å². The number of phenols is 1. The number of rotatable bonds is 4. The second kappa shape index (κ2) is 6.40. The van der Waals surface area contributed by atoms with E-state index >= 15 is 0 Å². The molecule has 1 N–H and O–H groups in total. The Balaban J connectivity index is 1.89. The molecule has 3 rings (SSSR count). The van der Waals surface area contributed by atoms with Crippen molar-refractivity contribution < 1.29 is 5.11 Å². The number of para-hydroxylation sites is 2. The minimum Gasteiger partial charge on any atom is -0.506 e. The number of benzene rings is 2. The fourth-order valence-electron chi connectivity index (χ4n) is 2.35. The van der Waals surface area contributed by atoms with Crippen molar-refractivity contribution in [1.82, 2.24) is 4.57 Å². The summed E-state index contributed by atoms with van der Waals surface area (Å²) in [5, 5.41) is 9.78. The molecule has 0 spiro atoms. The summed E-state index contributed by atoms with van der Waals surface area (Å²) in [6, 6.07) is 19.3. The van der Waals surface area contributed by atoms with Crippen LogP contribution in [0.2, 0.25) is 0 Å². The molecular weight excluding hydrogens is 286 g/mol. The van der Waals surface area contributed by atoms with E-state index in [-0.39, 0.29) is 5.75 Å². The first kappa shape index (κ1) is 14.9. The molecule has 0 atom stereocenters. The molecule has 1 heterocycles. The van der Waals surface area contributed by atoms with Gasteiger partial charge in [-0.05, 0) is 48.5 Å². The van der Waals surface area contributed by atoms with Gasteiger partial charge < -0.3 is 14.6 Å². The van der Waals surface area contributed by atoms with Crippen LogP contribution < -0.4 is 4.90 Å². The Hall–Kier alpha value is -3.01. The standard InChI is InChI=1S/C19H19N3O/c1-21(2)15-9-11-16(12-10-15)22-13-5-6-17(22)14-20-18-7-3-4-8-19(18)23/h3-14,23H,1-2H3. The number of nitrogens with zero attached hydrogens (tertiary/aromatic N) is 3. The molecule has 4 heteroatoms. The van der Waals surface area contributed by atoms with Gasteiger partial charge in [0.05, 0.1) is 11.9 Å². The predicted molar refractivity (Wildman–Crippen MR) is 95.5 cm³/mol. The van der Waals surface area contributed by atoms with E-state index in [0.717, 1.165) is 17.1 Å². The first-order valence-corrected chi connectivity index (χ1v) is 7.42. The number of hydrogen-bond donors (Lipinski definition) is 1. The van der Waals surface area contributed by atoms with Crippen molar-refractivity contribution in [2.45, 2.75) is 0 Å². The first-order chi connectivity index (χ1) is 11.1. The van der Waals surface area contributed by atoms with E-state index in [4.69, 9.17) is 0 Å². The molecule has 0 saturated carbocycles. The number of aromatic nitrogens is 1. The van der Waals surface area contributed by atoms with Gasteiger partial charge in [-0.1, -0.05) is 12.1 Å². The fraction of sp³-hybridized carbons (Fsp3) is 0.105. The quantitative estimate of drug-likeness (QED) is 0.740. The summed E-state index contributed by atoms with van der Waals surface area (Å²) in [5.74, 6) is 0.178. The lowest BCUT2D eigenvalue weighted by Gasteiger charge is -2.13. The van der Waals surface area contributed by atoms with E-state index in [0.29, 0.717) is 5.69 Å². The summed E-state index contributed by atoms with van der Waals surface area (Å²) in [6.07, 6.45) is 3.76. The van der Waals surface area contributed by atoms with E-state index < -0.39 is 0 Å². The molecule has 0 fully saturated rings. The Morgan fingerprint density at radius 3 is 2.39 bits per heavy atom. The third kappa shape index (κ3) is 3.26. The molecule has 4 nitrogen and oxygen atoms in total. The van der Waals surface area contributed by atoms with Gasteiger partial charge in [0.15, 0.2) is 0 Å². The molecule has 0 saturated heterocycles. The lowest BCUT2D eigenvalue weighted by atomic mass is 10.2. The molecule has 0 aliphatic carbocycles. The van der Waals surface area contributed by atoms with Gasteiger partial charge in [-0.2, -0.15) is 0 Å². The van der Waals surface area contributed by atoms with Crippen molar-refractivity contribution >= 4 is 17.6 Å². The predicted octanol–water partition coefficient (Wildman–Crippen LogP) is 4.00. The van der Waals surface area contributed by atoms with Crippen LogP contribution in [0.1, 0.15) is 5.69 Å². The van der Waals surface area contributed by atoms with Crippen LogP contribution in [0.5, 0.6) is 5.75 Å². The molecule has 116 valence electrons. The molecule has 1 aromatic heterocycles. The van der Waals surface area contributed by atoms with Crippen molar-refractivity contribution in [3.63, 3.8) is 0 Å². The van der Waals surface area contributed by atoms with Crippen molar-refractivity contribution in [3.8, 4) is 11.4 Å². The SMILES string of the molecule is CN(C)c1ccc(-n2cccc2C=Nc2ccccc2O)cc1. The summed E-state index contributed by atoms with van der Waals surface area (Å²) < 4.78 is 2.06. The molecule has 0 radical (unpaired) electrons. The van der Waals surface area contributed by atoms with Gasteiger partial charge in [0.1, 0.15) is 11.4 Å². The van der Waals surface area contributed by atoms with Crippen molar-refractivity contribution in [2.75, 3.05) is 19.0 Å². The van der Waals surface area contributed by atoms with E-state index in [1.54, 1.807) is 24.4 Å². The van der Waals surface area contributed by atoms with Gasteiger partial charge in [0.25, 0.3) is 0 Å². The van der Waals surface area contributed by atoms with Gasteiger partial charge in [-0.25, -0.2) is 0 Å². The summed E-state index contributed by atoms with van der Waals surface area (Å²) in [6.45, 7) is 0. The Bertz CT molecular complexity index is 817. The highest BCUT2D eigenvalue weighted by atomic mass is 16.3. The molecule has 0 bridgehead atoms. The van der Waals surface area contributed by atoms with E-state index in [1.807, 2.05) is 38.5 Å². The number of anilines is 1.